The van der Waals surface area contributed by atoms with E-state index in [9.17, 15) is 0 Å². The van der Waals surface area contributed by atoms with E-state index in [1.54, 1.807) is 6.08 Å². The van der Waals surface area contributed by atoms with Gasteiger partial charge in [-0.2, -0.15) is 4.98 Å². The maximum Gasteiger partial charge on any atom is 0.247 e. The number of para-hydroxylation sites is 1. The molecular formula is C23H17BrN4O2S. The number of benzene rings is 2. The zero-order chi connectivity index (χ0) is 21.2. The van der Waals surface area contributed by atoms with Crippen molar-refractivity contribution in [2.24, 2.45) is 0 Å². The summed E-state index contributed by atoms with van der Waals surface area (Å²) in [5, 5.41) is 12.6. The van der Waals surface area contributed by atoms with E-state index in [2.05, 4.69) is 43.0 Å². The molecule has 2 aromatic heterocycles. The van der Waals surface area contributed by atoms with Crippen molar-refractivity contribution in [3.63, 3.8) is 0 Å². The van der Waals surface area contributed by atoms with Crippen LogP contribution in [0.5, 0.6) is 5.88 Å². The molecule has 5 rings (SSSR count). The first-order valence-electron chi connectivity index (χ1n) is 9.58. The molecule has 31 heavy (non-hydrogen) atoms. The van der Waals surface area contributed by atoms with Crippen molar-refractivity contribution in [3.8, 4) is 28.5 Å². The fourth-order valence-electron chi connectivity index (χ4n) is 3.23. The third kappa shape index (κ3) is 4.08. The summed E-state index contributed by atoms with van der Waals surface area (Å²) in [6.45, 7) is 3.74. The molecule has 3 heterocycles. The highest BCUT2D eigenvalue weighted by atomic mass is 79.9. The van der Waals surface area contributed by atoms with Crippen molar-refractivity contribution in [3.05, 3.63) is 83.6 Å². The van der Waals surface area contributed by atoms with Gasteiger partial charge in [0.25, 0.3) is 0 Å². The van der Waals surface area contributed by atoms with E-state index in [4.69, 9.17) is 9.15 Å². The number of nitrogens with zero attached hydrogens (tertiary/aromatic N) is 3. The van der Waals surface area contributed by atoms with E-state index in [0.717, 1.165) is 27.0 Å². The highest BCUT2D eigenvalue weighted by Crippen LogP contribution is 2.40. The summed E-state index contributed by atoms with van der Waals surface area (Å²) in [7, 11) is 0. The van der Waals surface area contributed by atoms with Crippen LogP contribution >= 0.6 is 27.7 Å². The van der Waals surface area contributed by atoms with Crippen LogP contribution in [-0.2, 0) is 0 Å². The summed E-state index contributed by atoms with van der Waals surface area (Å²) in [6, 6.07) is 19.7. The van der Waals surface area contributed by atoms with Crippen LogP contribution in [0.1, 0.15) is 12.0 Å². The predicted octanol–water partition coefficient (Wildman–Crippen LogP) is 6.34. The van der Waals surface area contributed by atoms with Crippen molar-refractivity contribution < 1.29 is 9.15 Å². The summed E-state index contributed by atoms with van der Waals surface area (Å²) in [6.07, 6.45) is 1.23. The first-order valence-corrected chi connectivity index (χ1v) is 11.4. The van der Waals surface area contributed by atoms with Crippen LogP contribution in [0.15, 0.2) is 87.4 Å². The molecule has 0 saturated heterocycles. The van der Waals surface area contributed by atoms with Crippen molar-refractivity contribution >= 4 is 33.4 Å². The van der Waals surface area contributed by atoms with Gasteiger partial charge in [-0.3, -0.25) is 0 Å². The fourth-order valence-corrected chi connectivity index (χ4v) is 4.01. The van der Waals surface area contributed by atoms with Gasteiger partial charge >= 0.3 is 0 Å². The standard InChI is InChI=1S/C23H17BrN4O2S/c1-2-13-31-23-26-22-20(27-28-23)16-5-3-4-6-17(16)25-21(30-22)19-12-11-18(29-19)14-7-9-15(24)10-8-14/h2-12,21,25H,1,13H2. The number of fused-ring (bicyclic) bond motifs is 3. The molecular weight excluding hydrogens is 476 g/mol. The van der Waals surface area contributed by atoms with Gasteiger partial charge in [0.05, 0.1) is 0 Å². The Bertz CT molecular complexity index is 1240. The predicted molar refractivity (Wildman–Crippen MR) is 125 cm³/mol. The summed E-state index contributed by atoms with van der Waals surface area (Å²) < 4.78 is 13.4. The van der Waals surface area contributed by atoms with Crippen LogP contribution < -0.4 is 10.1 Å². The molecule has 0 fully saturated rings. The highest BCUT2D eigenvalue weighted by molar-refractivity contribution is 9.10. The van der Waals surface area contributed by atoms with Gasteiger partial charge in [0.1, 0.15) is 5.76 Å². The summed E-state index contributed by atoms with van der Waals surface area (Å²) in [4.78, 5) is 4.59. The van der Waals surface area contributed by atoms with Crippen molar-refractivity contribution in [2.45, 2.75) is 11.4 Å². The lowest BCUT2D eigenvalue weighted by atomic mass is 10.1. The Kier molecular flexibility index (Phi) is 5.48. The zero-order valence-corrected chi connectivity index (χ0v) is 18.7. The Balaban J connectivity index is 1.53. The second kappa shape index (κ2) is 8.56. The quantitative estimate of drug-likeness (QED) is 0.257. The Morgan fingerprint density at radius 3 is 2.74 bits per heavy atom. The van der Waals surface area contributed by atoms with Crippen LogP contribution in [0.2, 0.25) is 0 Å². The minimum Gasteiger partial charge on any atom is -0.455 e. The maximum atomic E-state index is 6.25. The number of furan rings is 1. The minimum atomic E-state index is -0.569. The summed E-state index contributed by atoms with van der Waals surface area (Å²) in [5.74, 6) is 2.49. The Hall–Kier alpha value is -3.10. The Morgan fingerprint density at radius 1 is 1.06 bits per heavy atom. The topological polar surface area (TPSA) is 73.1 Å². The molecule has 0 amide bonds. The number of thioether (sulfide) groups is 1. The normalized spacial score (nSPS) is 14.5. The minimum absolute atomic E-state index is 0.408. The molecule has 4 aromatic rings. The largest absolute Gasteiger partial charge is 0.455 e. The first-order chi connectivity index (χ1) is 15.2. The van der Waals surface area contributed by atoms with Gasteiger partial charge in [0, 0.05) is 27.0 Å². The summed E-state index contributed by atoms with van der Waals surface area (Å²) in [5.41, 5.74) is 3.32. The molecule has 0 bridgehead atoms. The van der Waals surface area contributed by atoms with E-state index in [1.807, 2.05) is 60.7 Å². The third-order valence-corrected chi connectivity index (χ3v) is 6.04. The number of ether oxygens (including phenoxy) is 1. The van der Waals surface area contributed by atoms with Gasteiger partial charge in [0.2, 0.25) is 17.3 Å². The van der Waals surface area contributed by atoms with Gasteiger partial charge in [-0.25, -0.2) is 0 Å². The van der Waals surface area contributed by atoms with Crippen molar-refractivity contribution in [1.29, 1.82) is 0 Å². The molecule has 1 atom stereocenters. The van der Waals surface area contributed by atoms with Gasteiger partial charge in [-0.15, -0.1) is 16.8 Å². The molecule has 0 spiro atoms. The van der Waals surface area contributed by atoms with E-state index < -0.39 is 6.23 Å². The molecule has 1 aliphatic heterocycles. The lowest BCUT2D eigenvalue weighted by Crippen LogP contribution is -2.16. The molecule has 1 aliphatic rings. The van der Waals surface area contributed by atoms with Gasteiger partial charge in [-0.05, 0) is 30.3 Å². The fraction of sp³-hybridized carbons (Fsp3) is 0.0870. The molecule has 0 saturated carbocycles. The van der Waals surface area contributed by atoms with E-state index >= 15 is 0 Å². The van der Waals surface area contributed by atoms with E-state index in [1.165, 1.54) is 11.8 Å². The SMILES string of the molecule is C=CCSc1nnc2c(n1)OC(c1ccc(-c3ccc(Br)cc3)o1)Nc1ccccc1-2. The third-order valence-electron chi connectivity index (χ3n) is 4.68. The van der Waals surface area contributed by atoms with Gasteiger partial charge in [-0.1, -0.05) is 64.1 Å². The molecule has 154 valence electrons. The van der Waals surface area contributed by atoms with Gasteiger partial charge in [0.15, 0.2) is 11.5 Å². The second-order valence-electron chi connectivity index (χ2n) is 6.74. The molecule has 1 unspecified atom stereocenters. The number of rotatable bonds is 5. The average Bonchev–Trinajstić information content (AvgIpc) is 3.22. The van der Waals surface area contributed by atoms with E-state index in [-0.39, 0.29) is 0 Å². The molecule has 2 aromatic carbocycles. The number of anilines is 1. The summed E-state index contributed by atoms with van der Waals surface area (Å²) >= 11 is 4.91. The number of nitrogens with one attached hydrogen (secondary N) is 1. The van der Waals surface area contributed by atoms with Crippen LogP contribution in [-0.4, -0.2) is 20.9 Å². The highest BCUT2D eigenvalue weighted by Gasteiger charge is 2.28. The zero-order valence-electron chi connectivity index (χ0n) is 16.3. The van der Waals surface area contributed by atoms with Crippen molar-refractivity contribution in [1.82, 2.24) is 15.2 Å². The molecule has 6 nitrogen and oxygen atoms in total. The number of hydrogen-bond acceptors (Lipinski definition) is 7. The van der Waals surface area contributed by atoms with Crippen LogP contribution in [0, 0.1) is 0 Å². The monoisotopic (exact) mass is 492 g/mol. The van der Waals surface area contributed by atoms with E-state index in [0.29, 0.717) is 28.2 Å². The second-order valence-corrected chi connectivity index (χ2v) is 8.65. The first kappa shape index (κ1) is 19.8. The van der Waals surface area contributed by atoms with Crippen molar-refractivity contribution in [2.75, 3.05) is 11.1 Å². The Morgan fingerprint density at radius 2 is 1.90 bits per heavy atom. The van der Waals surface area contributed by atoms with Gasteiger partial charge < -0.3 is 14.5 Å². The molecule has 0 aliphatic carbocycles. The average molecular weight is 493 g/mol. The van der Waals surface area contributed by atoms with Crippen LogP contribution in [0.4, 0.5) is 5.69 Å². The molecule has 1 N–H and O–H groups in total. The van der Waals surface area contributed by atoms with Crippen LogP contribution in [0.3, 0.4) is 0 Å². The number of aromatic nitrogens is 3. The lowest BCUT2D eigenvalue weighted by Gasteiger charge is -2.16. The molecule has 8 heteroatoms. The Labute approximate surface area is 191 Å². The van der Waals surface area contributed by atoms with Crippen LogP contribution in [0.25, 0.3) is 22.6 Å². The maximum absolute atomic E-state index is 6.25. The lowest BCUT2D eigenvalue weighted by molar-refractivity contribution is 0.196. The molecule has 0 radical (unpaired) electrons. The number of halogens is 1. The number of hydrogen-bond donors (Lipinski definition) is 1. The smallest absolute Gasteiger partial charge is 0.247 e.